The van der Waals surface area contributed by atoms with Gasteiger partial charge < -0.3 is 10.2 Å². The van der Waals surface area contributed by atoms with Crippen molar-refractivity contribution in [3.05, 3.63) is 64.1 Å². The molecule has 1 N–H and O–H groups in total. The summed E-state index contributed by atoms with van der Waals surface area (Å²) in [7, 11) is -3.78. The second-order valence-electron chi connectivity index (χ2n) is 7.71. The summed E-state index contributed by atoms with van der Waals surface area (Å²) in [5.74, 6) is -0.813. The van der Waals surface area contributed by atoms with Crippen LogP contribution in [0.25, 0.3) is 0 Å². The summed E-state index contributed by atoms with van der Waals surface area (Å²) >= 11 is 11.9. The van der Waals surface area contributed by atoms with Crippen molar-refractivity contribution in [2.24, 2.45) is 0 Å². The Balaban J connectivity index is 2.32. The zero-order valence-electron chi connectivity index (χ0n) is 18.9. The van der Waals surface area contributed by atoms with Gasteiger partial charge in [-0.1, -0.05) is 48.7 Å². The topological polar surface area (TPSA) is 86.8 Å². The Hall–Kier alpha value is -2.29. The van der Waals surface area contributed by atoms with Crippen LogP contribution >= 0.6 is 23.2 Å². The van der Waals surface area contributed by atoms with Crippen molar-refractivity contribution in [1.29, 1.82) is 0 Å². The fourth-order valence-corrected chi connectivity index (χ4v) is 4.23. The first-order valence-corrected chi connectivity index (χ1v) is 13.2. The van der Waals surface area contributed by atoms with E-state index in [1.54, 1.807) is 43.3 Å². The van der Waals surface area contributed by atoms with Crippen LogP contribution < -0.4 is 9.62 Å². The zero-order valence-corrected chi connectivity index (χ0v) is 21.3. The third kappa shape index (κ3) is 8.21. The maximum absolute atomic E-state index is 13.4. The number of carbonyl (C=O) groups excluding carboxylic acids is 2. The van der Waals surface area contributed by atoms with E-state index >= 15 is 0 Å². The molecule has 1 atom stereocenters. The van der Waals surface area contributed by atoms with Crippen molar-refractivity contribution in [3.8, 4) is 0 Å². The lowest BCUT2D eigenvalue weighted by Crippen LogP contribution is -2.51. The minimum Gasteiger partial charge on any atom is -0.354 e. The van der Waals surface area contributed by atoms with Crippen LogP contribution in [0.4, 0.5) is 5.69 Å². The van der Waals surface area contributed by atoms with Crippen molar-refractivity contribution in [1.82, 2.24) is 10.2 Å². The monoisotopic (exact) mass is 513 g/mol. The lowest BCUT2D eigenvalue weighted by molar-refractivity contribution is -0.139. The van der Waals surface area contributed by atoms with Crippen LogP contribution in [0.3, 0.4) is 0 Å². The fraction of sp³-hybridized carbons (Fsp3) is 0.391. The van der Waals surface area contributed by atoms with Gasteiger partial charge >= 0.3 is 0 Å². The van der Waals surface area contributed by atoms with E-state index in [1.165, 1.54) is 17.0 Å². The molecule has 0 saturated carbocycles. The highest BCUT2D eigenvalue weighted by Crippen LogP contribution is 2.21. The molecule has 1 unspecified atom stereocenters. The number of hydrogen-bond acceptors (Lipinski definition) is 4. The quantitative estimate of drug-likeness (QED) is 0.458. The van der Waals surface area contributed by atoms with Gasteiger partial charge in [0.1, 0.15) is 12.6 Å². The first kappa shape index (κ1) is 27.0. The van der Waals surface area contributed by atoms with E-state index < -0.39 is 28.5 Å². The van der Waals surface area contributed by atoms with Gasteiger partial charge in [0.2, 0.25) is 21.8 Å². The molecule has 0 radical (unpaired) electrons. The normalized spacial score (nSPS) is 12.2. The highest BCUT2D eigenvalue weighted by Gasteiger charge is 2.30. The molecule has 2 rings (SSSR count). The van der Waals surface area contributed by atoms with Gasteiger partial charge in [-0.25, -0.2) is 8.42 Å². The van der Waals surface area contributed by atoms with Crippen LogP contribution in [0.2, 0.25) is 10.0 Å². The highest BCUT2D eigenvalue weighted by molar-refractivity contribution is 7.92. The summed E-state index contributed by atoms with van der Waals surface area (Å²) in [6.07, 6.45) is 2.77. The summed E-state index contributed by atoms with van der Waals surface area (Å²) < 4.78 is 26.0. The number of unbranched alkanes of at least 4 members (excludes halogenated alkanes) is 1. The van der Waals surface area contributed by atoms with E-state index in [1.807, 2.05) is 6.92 Å². The number of sulfonamides is 1. The molecule has 0 spiro atoms. The first-order chi connectivity index (χ1) is 15.5. The van der Waals surface area contributed by atoms with Crippen LogP contribution in [0, 0.1) is 0 Å². The zero-order chi connectivity index (χ0) is 24.6. The van der Waals surface area contributed by atoms with Crippen molar-refractivity contribution in [3.63, 3.8) is 0 Å². The first-order valence-electron chi connectivity index (χ1n) is 10.6. The largest absolute Gasteiger partial charge is 0.354 e. The molecule has 0 fully saturated rings. The molecule has 0 aliphatic carbocycles. The number of hydrogen-bond donors (Lipinski definition) is 1. The average molecular weight is 514 g/mol. The number of halogens is 2. The predicted octanol–water partition coefficient (Wildman–Crippen LogP) is 4.09. The van der Waals surface area contributed by atoms with Crippen LogP contribution in [-0.4, -0.2) is 50.5 Å². The highest BCUT2D eigenvalue weighted by atomic mass is 35.5. The second-order valence-corrected chi connectivity index (χ2v) is 10.5. The molecule has 0 aliphatic rings. The Morgan fingerprint density at radius 3 is 2.06 bits per heavy atom. The maximum Gasteiger partial charge on any atom is 0.244 e. The van der Waals surface area contributed by atoms with Gasteiger partial charge in [-0.15, -0.1) is 0 Å². The third-order valence-corrected chi connectivity index (χ3v) is 6.70. The molecule has 0 aromatic heterocycles. The number of rotatable bonds is 11. The molecular weight excluding hydrogens is 485 g/mol. The number of nitrogens with one attached hydrogen (secondary N) is 1. The van der Waals surface area contributed by atoms with Gasteiger partial charge in [0.05, 0.1) is 11.9 Å². The Labute approximate surface area is 205 Å². The average Bonchev–Trinajstić information content (AvgIpc) is 2.76. The Bertz CT molecular complexity index is 1040. The predicted molar refractivity (Wildman–Crippen MR) is 133 cm³/mol. The van der Waals surface area contributed by atoms with E-state index in [4.69, 9.17) is 23.2 Å². The van der Waals surface area contributed by atoms with Gasteiger partial charge in [0.25, 0.3) is 0 Å². The van der Waals surface area contributed by atoms with Crippen molar-refractivity contribution in [2.75, 3.05) is 23.7 Å². The minimum absolute atomic E-state index is 0.122. The number of anilines is 1. The Morgan fingerprint density at radius 1 is 1.00 bits per heavy atom. The number of carbonyl (C=O) groups is 2. The van der Waals surface area contributed by atoms with Gasteiger partial charge in [-0.2, -0.15) is 0 Å². The lowest BCUT2D eigenvalue weighted by atomic mass is 10.1. The van der Waals surface area contributed by atoms with Crippen LogP contribution in [-0.2, 0) is 26.2 Å². The fourth-order valence-electron chi connectivity index (χ4n) is 3.13. The molecule has 7 nitrogen and oxygen atoms in total. The number of benzene rings is 2. The molecule has 2 aromatic carbocycles. The summed E-state index contributed by atoms with van der Waals surface area (Å²) in [6.45, 7) is 3.81. The van der Waals surface area contributed by atoms with Crippen LogP contribution in [0.1, 0.15) is 32.3 Å². The van der Waals surface area contributed by atoms with Gasteiger partial charge in [0, 0.05) is 23.1 Å². The van der Waals surface area contributed by atoms with E-state index in [0.29, 0.717) is 22.3 Å². The third-order valence-electron chi connectivity index (χ3n) is 5.06. The minimum atomic E-state index is -3.78. The van der Waals surface area contributed by atoms with E-state index in [-0.39, 0.29) is 12.5 Å². The lowest BCUT2D eigenvalue weighted by Gasteiger charge is -2.31. The molecule has 2 aromatic rings. The molecular formula is C23H29Cl2N3O4S. The van der Waals surface area contributed by atoms with Crippen LogP contribution in [0.15, 0.2) is 48.5 Å². The standard InChI is InChI=1S/C23H29Cl2N3O4S/c1-4-5-14-26-23(30)17(2)27(15-18-6-8-19(24)9-7-18)22(29)16-28(33(3,31)32)21-12-10-20(25)11-13-21/h6-13,17H,4-5,14-16H2,1-3H3,(H,26,30). The maximum atomic E-state index is 13.4. The molecule has 0 saturated heterocycles. The van der Waals surface area contributed by atoms with Crippen molar-refractivity contribution < 1.29 is 18.0 Å². The molecule has 0 aliphatic heterocycles. The number of nitrogens with zero attached hydrogens (tertiary/aromatic N) is 2. The molecule has 33 heavy (non-hydrogen) atoms. The molecule has 0 bridgehead atoms. The summed E-state index contributed by atoms with van der Waals surface area (Å²) in [6, 6.07) is 12.3. The van der Waals surface area contributed by atoms with Crippen molar-refractivity contribution in [2.45, 2.75) is 39.3 Å². The number of amides is 2. The van der Waals surface area contributed by atoms with E-state index in [0.717, 1.165) is 29.0 Å². The van der Waals surface area contributed by atoms with Gasteiger partial charge in [0.15, 0.2) is 0 Å². The summed E-state index contributed by atoms with van der Waals surface area (Å²) in [5.41, 5.74) is 1.07. The Morgan fingerprint density at radius 2 is 1.55 bits per heavy atom. The van der Waals surface area contributed by atoms with E-state index in [2.05, 4.69) is 5.32 Å². The smallest absolute Gasteiger partial charge is 0.244 e. The van der Waals surface area contributed by atoms with Crippen molar-refractivity contribution >= 4 is 50.7 Å². The molecule has 10 heteroatoms. The van der Waals surface area contributed by atoms with Gasteiger partial charge in [-0.05, 0) is 55.3 Å². The van der Waals surface area contributed by atoms with E-state index in [9.17, 15) is 18.0 Å². The second kappa shape index (κ2) is 12.3. The van der Waals surface area contributed by atoms with Gasteiger partial charge in [-0.3, -0.25) is 13.9 Å². The molecule has 180 valence electrons. The summed E-state index contributed by atoms with van der Waals surface area (Å²) in [5, 5.41) is 3.83. The molecule has 2 amide bonds. The van der Waals surface area contributed by atoms with Crippen LogP contribution in [0.5, 0.6) is 0 Å². The SMILES string of the molecule is CCCCNC(=O)C(C)N(Cc1ccc(Cl)cc1)C(=O)CN(c1ccc(Cl)cc1)S(C)(=O)=O. The Kier molecular flexibility index (Phi) is 10.0. The molecule has 0 heterocycles. The summed E-state index contributed by atoms with van der Waals surface area (Å²) in [4.78, 5) is 27.5.